The summed E-state index contributed by atoms with van der Waals surface area (Å²) in [6.07, 6.45) is 0. The first kappa shape index (κ1) is 18.4. The monoisotopic (exact) mass is 368 g/mol. The molecule has 0 saturated carbocycles. The maximum absolute atomic E-state index is 12.7. The van der Waals surface area contributed by atoms with E-state index in [4.69, 9.17) is 9.47 Å². The first-order chi connectivity index (χ1) is 13.1. The molecule has 0 aliphatic carbocycles. The van der Waals surface area contributed by atoms with Gasteiger partial charge in [-0.1, -0.05) is 36.4 Å². The summed E-state index contributed by atoms with van der Waals surface area (Å²) in [6.45, 7) is 1.59. The smallest absolute Gasteiger partial charge is 0.318 e. The zero-order chi connectivity index (χ0) is 19.2. The molecule has 0 unspecified atom stereocenters. The normalized spacial score (nSPS) is 12.2. The van der Waals surface area contributed by atoms with Gasteiger partial charge in [0.25, 0.3) is 5.91 Å². The summed E-state index contributed by atoms with van der Waals surface area (Å²) in [6, 6.07) is 14.5. The van der Waals surface area contributed by atoms with Crippen LogP contribution in [0.15, 0.2) is 48.5 Å². The Morgan fingerprint density at radius 2 is 1.48 bits per heavy atom. The molecule has 1 aliphatic rings. The highest BCUT2D eigenvalue weighted by atomic mass is 16.5. The molecule has 2 amide bonds. The third kappa shape index (κ3) is 4.44. The Balaban J connectivity index is 1.65. The number of carbonyl (C=O) groups excluding carboxylic acids is 3. The molecule has 0 bridgehead atoms. The Morgan fingerprint density at radius 3 is 2.07 bits per heavy atom. The first-order valence-corrected chi connectivity index (χ1v) is 8.59. The second-order valence-corrected chi connectivity index (χ2v) is 6.05. The fourth-order valence-corrected chi connectivity index (χ4v) is 2.88. The minimum atomic E-state index is -0.654. The van der Waals surface area contributed by atoms with Gasteiger partial charge in [0.15, 0.2) is 6.61 Å². The van der Waals surface area contributed by atoms with E-state index in [2.05, 4.69) is 10.6 Å². The van der Waals surface area contributed by atoms with E-state index in [0.717, 1.165) is 0 Å². The molecule has 0 radical (unpaired) electrons. The van der Waals surface area contributed by atoms with Crippen LogP contribution in [-0.4, -0.2) is 37.5 Å². The number of ether oxygens (including phenoxy) is 2. The van der Waals surface area contributed by atoms with Crippen molar-refractivity contribution < 1.29 is 23.9 Å². The number of rotatable bonds is 6. The fraction of sp³-hybridized carbons (Fsp3) is 0.250. The summed E-state index contributed by atoms with van der Waals surface area (Å²) < 4.78 is 11.1. The molecule has 3 rings (SSSR count). The number of benzene rings is 2. The molecule has 27 heavy (non-hydrogen) atoms. The Morgan fingerprint density at radius 1 is 0.926 bits per heavy atom. The third-order valence-corrected chi connectivity index (χ3v) is 4.08. The Labute approximate surface area is 156 Å². The summed E-state index contributed by atoms with van der Waals surface area (Å²) in [4.78, 5) is 35.3. The maximum Gasteiger partial charge on any atom is 0.318 e. The van der Waals surface area contributed by atoms with Gasteiger partial charge in [0.2, 0.25) is 5.91 Å². The van der Waals surface area contributed by atoms with Gasteiger partial charge in [-0.2, -0.15) is 0 Å². The van der Waals surface area contributed by atoms with Gasteiger partial charge >= 0.3 is 5.97 Å². The van der Waals surface area contributed by atoms with Crippen LogP contribution in [-0.2, 0) is 19.1 Å². The van der Waals surface area contributed by atoms with E-state index < -0.39 is 17.8 Å². The Hall–Kier alpha value is -3.35. The van der Waals surface area contributed by atoms with Crippen molar-refractivity contribution in [3.8, 4) is 11.5 Å². The Bertz CT molecular complexity index is 819. The molecule has 0 aromatic heterocycles. The molecular formula is C20H20N2O5. The molecule has 0 atom stereocenters. The van der Waals surface area contributed by atoms with E-state index in [1.807, 2.05) is 36.4 Å². The van der Waals surface area contributed by atoms with Gasteiger partial charge in [-0.25, -0.2) is 0 Å². The van der Waals surface area contributed by atoms with Gasteiger partial charge in [0.05, 0.1) is 0 Å². The number of para-hydroxylation sites is 2. The van der Waals surface area contributed by atoms with Crippen molar-refractivity contribution in [1.29, 1.82) is 0 Å². The summed E-state index contributed by atoms with van der Waals surface area (Å²) >= 11 is 0. The molecule has 1 heterocycles. The lowest BCUT2D eigenvalue weighted by atomic mass is 9.88. The van der Waals surface area contributed by atoms with Crippen LogP contribution in [0.4, 0.5) is 0 Å². The van der Waals surface area contributed by atoms with E-state index in [1.54, 1.807) is 12.1 Å². The van der Waals surface area contributed by atoms with E-state index in [1.165, 1.54) is 6.92 Å². The summed E-state index contributed by atoms with van der Waals surface area (Å²) in [5.41, 5.74) is 1.40. The van der Waals surface area contributed by atoms with Gasteiger partial charge < -0.3 is 20.1 Å². The first-order valence-electron chi connectivity index (χ1n) is 8.59. The highest BCUT2D eigenvalue weighted by molar-refractivity contribution is 5.87. The van der Waals surface area contributed by atoms with Gasteiger partial charge in [-0.3, -0.25) is 14.4 Å². The van der Waals surface area contributed by atoms with E-state index in [9.17, 15) is 14.4 Å². The van der Waals surface area contributed by atoms with Crippen LogP contribution in [0.2, 0.25) is 0 Å². The zero-order valence-corrected chi connectivity index (χ0v) is 14.9. The lowest BCUT2D eigenvalue weighted by Crippen LogP contribution is -2.36. The number of hydrogen-bond donors (Lipinski definition) is 2. The largest absolute Gasteiger partial charge is 0.457 e. The van der Waals surface area contributed by atoms with Crippen molar-refractivity contribution in [2.45, 2.75) is 12.8 Å². The summed E-state index contributed by atoms with van der Waals surface area (Å²) in [5.74, 6) is -0.584. The number of nitrogens with one attached hydrogen (secondary N) is 2. The molecule has 0 spiro atoms. The molecule has 0 saturated heterocycles. The molecule has 7 heteroatoms. The number of fused-ring (bicyclic) bond motifs is 2. The van der Waals surface area contributed by atoms with Crippen molar-refractivity contribution >= 4 is 17.8 Å². The highest BCUT2D eigenvalue weighted by Crippen LogP contribution is 2.44. The lowest BCUT2D eigenvalue weighted by Gasteiger charge is -2.26. The van der Waals surface area contributed by atoms with E-state index in [0.29, 0.717) is 29.2 Å². The standard InChI is InChI=1S/C20H20N2O5/c1-13(23)21-10-11-22-18(24)12-26-20(25)19-14-6-2-4-8-16(14)27-17-9-5-3-7-15(17)19/h2-9,19H,10-12H2,1H3,(H,21,23)(H,22,24). The van der Waals surface area contributed by atoms with Crippen LogP contribution < -0.4 is 15.4 Å². The SMILES string of the molecule is CC(=O)NCCNC(=O)COC(=O)C1c2ccccc2Oc2ccccc21. The number of carbonyl (C=O) groups is 3. The van der Waals surface area contributed by atoms with Crippen LogP contribution in [0.25, 0.3) is 0 Å². The molecule has 0 fully saturated rings. The van der Waals surface area contributed by atoms with Crippen molar-refractivity contribution in [3.63, 3.8) is 0 Å². The van der Waals surface area contributed by atoms with Crippen LogP contribution in [0.3, 0.4) is 0 Å². The fourth-order valence-electron chi connectivity index (χ4n) is 2.88. The molecule has 2 N–H and O–H groups in total. The number of esters is 1. The number of hydrogen-bond acceptors (Lipinski definition) is 5. The molecule has 140 valence electrons. The highest BCUT2D eigenvalue weighted by Gasteiger charge is 2.33. The average Bonchev–Trinajstić information content (AvgIpc) is 2.67. The van der Waals surface area contributed by atoms with Crippen molar-refractivity contribution in [1.82, 2.24) is 10.6 Å². The zero-order valence-electron chi connectivity index (χ0n) is 14.9. The van der Waals surface area contributed by atoms with Crippen LogP contribution >= 0.6 is 0 Å². The lowest BCUT2D eigenvalue weighted by molar-refractivity contribution is -0.149. The molecule has 2 aromatic carbocycles. The van der Waals surface area contributed by atoms with Crippen molar-refractivity contribution in [3.05, 3.63) is 59.7 Å². The number of amides is 2. The van der Waals surface area contributed by atoms with E-state index in [-0.39, 0.29) is 19.1 Å². The third-order valence-electron chi connectivity index (χ3n) is 4.08. The van der Waals surface area contributed by atoms with Crippen molar-refractivity contribution in [2.75, 3.05) is 19.7 Å². The van der Waals surface area contributed by atoms with Gasteiger partial charge in [-0.05, 0) is 12.1 Å². The van der Waals surface area contributed by atoms with Gasteiger partial charge in [-0.15, -0.1) is 0 Å². The minimum Gasteiger partial charge on any atom is -0.457 e. The molecule has 1 aliphatic heterocycles. The second-order valence-electron chi connectivity index (χ2n) is 6.05. The summed E-state index contributed by atoms with van der Waals surface area (Å²) in [5, 5.41) is 5.14. The Kier molecular flexibility index (Phi) is 5.71. The van der Waals surface area contributed by atoms with Crippen LogP contribution in [0, 0.1) is 0 Å². The van der Waals surface area contributed by atoms with Gasteiger partial charge in [0, 0.05) is 31.1 Å². The minimum absolute atomic E-state index is 0.174. The topological polar surface area (TPSA) is 93.7 Å². The summed E-state index contributed by atoms with van der Waals surface area (Å²) in [7, 11) is 0. The average molecular weight is 368 g/mol. The quantitative estimate of drug-likeness (QED) is 0.598. The van der Waals surface area contributed by atoms with Gasteiger partial charge in [0.1, 0.15) is 17.4 Å². The predicted octanol–water partition coefficient (Wildman–Crippen LogP) is 1.72. The van der Waals surface area contributed by atoms with Crippen LogP contribution in [0.1, 0.15) is 24.0 Å². The van der Waals surface area contributed by atoms with Crippen LogP contribution in [0.5, 0.6) is 11.5 Å². The maximum atomic E-state index is 12.7. The second kappa shape index (κ2) is 8.35. The molecule has 2 aromatic rings. The molecule has 7 nitrogen and oxygen atoms in total. The molecular weight excluding hydrogens is 348 g/mol. The van der Waals surface area contributed by atoms with Crippen molar-refractivity contribution in [2.24, 2.45) is 0 Å². The predicted molar refractivity (Wildman–Crippen MR) is 97.5 cm³/mol. The van der Waals surface area contributed by atoms with E-state index >= 15 is 0 Å².